The van der Waals surface area contributed by atoms with E-state index in [0.717, 1.165) is 11.1 Å². The quantitative estimate of drug-likeness (QED) is 0.491. The normalized spacial score (nSPS) is 14.9. The summed E-state index contributed by atoms with van der Waals surface area (Å²) in [5.74, 6) is -0.457. The fraction of sp³-hybridized carbons (Fsp3) is 0.148. The molecule has 0 fully saturated rings. The Morgan fingerprint density at radius 3 is 2.44 bits per heavy atom. The maximum atomic E-state index is 13.6. The van der Waals surface area contributed by atoms with Crippen molar-refractivity contribution in [3.63, 3.8) is 0 Å². The van der Waals surface area contributed by atoms with E-state index in [1.807, 2.05) is 32.0 Å². The number of para-hydroxylation sites is 1. The van der Waals surface area contributed by atoms with Gasteiger partial charge >= 0.3 is 0 Å². The van der Waals surface area contributed by atoms with Crippen molar-refractivity contribution in [2.24, 2.45) is 5.73 Å². The van der Waals surface area contributed by atoms with Gasteiger partial charge in [-0.05, 0) is 66.9 Å². The van der Waals surface area contributed by atoms with Gasteiger partial charge in [0.2, 0.25) is 5.76 Å². The van der Waals surface area contributed by atoms with Gasteiger partial charge in [0.05, 0.1) is 17.0 Å². The van der Waals surface area contributed by atoms with Crippen molar-refractivity contribution < 1.29 is 18.7 Å². The Bertz CT molecular complexity index is 1500. The van der Waals surface area contributed by atoms with Crippen LogP contribution in [0.5, 0.6) is 5.75 Å². The second-order valence-corrected chi connectivity index (χ2v) is 8.34. The second-order valence-electron chi connectivity index (χ2n) is 8.34. The van der Waals surface area contributed by atoms with Gasteiger partial charge in [-0.1, -0.05) is 30.3 Å². The summed E-state index contributed by atoms with van der Waals surface area (Å²) in [5.41, 5.74) is 9.08. The molecular formula is C27H22N2O5. The van der Waals surface area contributed by atoms with E-state index in [1.54, 1.807) is 53.4 Å². The first kappa shape index (κ1) is 21.5. The van der Waals surface area contributed by atoms with Crippen molar-refractivity contribution in [3.05, 3.63) is 105 Å². The van der Waals surface area contributed by atoms with E-state index in [0.29, 0.717) is 33.5 Å². The molecule has 0 spiro atoms. The summed E-state index contributed by atoms with van der Waals surface area (Å²) in [6.07, 6.45) is 0. The van der Waals surface area contributed by atoms with Crippen molar-refractivity contribution in [3.8, 4) is 5.75 Å². The molecule has 170 valence electrons. The molecule has 1 atom stereocenters. The van der Waals surface area contributed by atoms with Crippen molar-refractivity contribution in [1.82, 2.24) is 0 Å². The van der Waals surface area contributed by atoms with Gasteiger partial charge in [-0.3, -0.25) is 19.3 Å². The van der Waals surface area contributed by atoms with Crippen LogP contribution in [0.15, 0.2) is 75.9 Å². The number of benzene rings is 3. The van der Waals surface area contributed by atoms with Crippen LogP contribution in [0.2, 0.25) is 0 Å². The average molecular weight is 454 g/mol. The van der Waals surface area contributed by atoms with Gasteiger partial charge in [-0.2, -0.15) is 0 Å². The molecule has 2 N–H and O–H groups in total. The molecule has 34 heavy (non-hydrogen) atoms. The van der Waals surface area contributed by atoms with Crippen LogP contribution in [0.4, 0.5) is 5.69 Å². The smallest absolute Gasteiger partial charge is 0.295 e. The summed E-state index contributed by atoms with van der Waals surface area (Å²) in [4.78, 5) is 39.8. The number of amides is 2. The minimum Gasteiger partial charge on any atom is -0.484 e. The maximum absolute atomic E-state index is 13.6. The zero-order valence-electron chi connectivity index (χ0n) is 18.7. The Labute approximate surface area is 195 Å². The van der Waals surface area contributed by atoms with Crippen LogP contribution in [-0.2, 0) is 4.79 Å². The minimum absolute atomic E-state index is 0.0426. The number of nitrogens with zero attached hydrogens (tertiary/aromatic N) is 1. The summed E-state index contributed by atoms with van der Waals surface area (Å²) in [6, 6.07) is 18.9. The molecule has 4 aromatic rings. The molecule has 5 rings (SSSR count). The van der Waals surface area contributed by atoms with Crippen LogP contribution in [0.3, 0.4) is 0 Å². The van der Waals surface area contributed by atoms with E-state index in [2.05, 4.69) is 0 Å². The standard InChI is InChI=1S/C27H22N2O5/c1-15-7-10-18(13-16(15)2)29-24(17-8-11-19(12-9-17)33-14-22(28)30)23-25(31)20-5-3-4-6-21(20)34-26(23)27(29)32/h3-13,24H,14H2,1-2H3,(H2,28,30). The van der Waals surface area contributed by atoms with E-state index in [1.165, 1.54) is 0 Å². The van der Waals surface area contributed by atoms with Crippen LogP contribution in [0.25, 0.3) is 11.0 Å². The molecule has 0 aliphatic carbocycles. The molecule has 1 unspecified atom stereocenters. The molecule has 1 aromatic heterocycles. The van der Waals surface area contributed by atoms with E-state index < -0.39 is 11.9 Å². The molecule has 7 heteroatoms. The topological polar surface area (TPSA) is 103 Å². The molecule has 1 aliphatic heterocycles. The fourth-order valence-corrected chi connectivity index (χ4v) is 4.28. The number of hydrogen-bond acceptors (Lipinski definition) is 5. The Morgan fingerprint density at radius 1 is 1.00 bits per heavy atom. The third-order valence-electron chi connectivity index (χ3n) is 6.12. The van der Waals surface area contributed by atoms with E-state index in [9.17, 15) is 14.4 Å². The highest BCUT2D eigenvalue weighted by atomic mass is 16.5. The lowest BCUT2D eigenvalue weighted by molar-refractivity contribution is -0.119. The molecule has 1 aliphatic rings. The molecular weight excluding hydrogens is 432 g/mol. The van der Waals surface area contributed by atoms with Gasteiger partial charge in [0.25, 0.3) is 11.8 Å². The third kappa shape index (κ3) is 3.51. The first-order chi connectivity index (χ1) is 16.3. The SMILES string of the molecule is Cc1ccc(N2C(=O)c3oc4ccccc4c(=O)c3C2c2ccc(OCC(N)=O)cc2)cc1C. The predicted molar refractivity (Wildman–Crippen MR) is 128 cm³/mol. The highest BCUT2D eigenvalue weighted by Crippen LogP contribution is 2.41. The molecule has 2 heterocycles. The van der Waals surface area contributed by atoms with Gasteiger partial charge < -0.3 is 14.9 Å². The van der Waals surface area contributed by atoms with Gasteiger partial charge in [0, 0.05) is 5.69 Å². The van der Waals surface area contributed by atoms with Gasteiger partial charge in [-0.25, -0.2) is 0 Å². The lowest BCUT2D eigenvalue weighted by atomic mass is 9.98. The second kappa shape index (κ2) is 8.19. The van der Waals surface area contributed by atoms with E-state index in [4.69, 9.17) is 14.9 Å². The zero-order valence-corrected chi connectivity index (χ0v) is 18.7. The largest absolute Gasteiger partial charge is 0.484 e. The number of rotatable bonds is 5. The number of hydrogen-bond donors (Lipinski definition) is 1. The average Bonchev–Trinajstić information content (AvgIpc) is 3.12. The molecule has 7 nitrogen and oxygen atoms in total. The van der Waals surface area contributed by atoms with Gasteiger partial charge in [0.15, 0.2) is 12.0 Å². The molecule has 0 radical (unpaired) electrons. The summed E-state index contributed by atoms with van der Waals surface area (Å²) in [7, 11) is 0. The molecule has 0 bridgehead atoms. The Morgan fingerprint density at radius 2 is 1.74 bits per heavy atom. The van der Waals surface area contributed by atoms with E-state index in [-0.39, 0.29) is 23.7 Å². The Hall–Kier alpha value is -4.39. The number of carbonyl (C=O) groups is 2. The number of anilines is 1. The summed E-state index contributed by atoms with van der Waals surface area (Å²) >= 11 is 0. The zero-order chi connectivity index (χ0) is 24.0. The van der Waals surface area contributed by atoms with Crippen LogP contribution in [-0.4, -0.2) is 18.4 Å². The number of aryl methyl sites for hydroxylation is 2. The molecule has 0 saturated heterocycles. The van der Waals surface area contributed by atoms with Gasteiger partial charge in [0.1, 0.15) is 11.3 Å². The highest BCUT2D eigenvalue weighted by Gasteiger charge is 2.43. The molecule has 0 saturated carbocycles. The van der Waals surface area contributed by atoms with E-state index >= 15 is 0 Å². The maximum Gasteiger partial charge on any atom is 0.295 e. The minimum atomic E-state index is -0.685. The number of fused-ring (bicyclic) bond motifs is 2. The number of nitrogens with two attached hydrogens (primary N) is 1. The monoisotopic (exact) mass is 454 g/mol. The molecule has 2 amide bonds. The predicted octanol–water partition coefficient (Wildman–Crippen LogP) is 4.02. The first-order valence-corrected chi connectivity index (χ1v) is 10.8. The van der Waals surface area contributed by atoms with Crippen molar-refractivity contribution in [1.29, 1.82) is 0 Å². The van der Waals surface area contributed by atoms with Crippen molar-refractivity contribution in [2.45, 2.75) is 19.9 Å². The lowest BCUT2D eigenvalue weighted by Gasteiger charge is -2.26. The summed E-state index contributed by atoms with van der Waals surface area (Å²) < 4.78 is 11.3. The first-order valence-electron chi connectivity index (χ1n) is 10.8. The van der Waals surface area contributed by atoms with Crippen molar-refractivity contribution in [2.75, 3.05) is 11.5 Å². The Kier molecular flexibility index (Phi) is 5.17. The number of carbonyl (C=O) groups excluding carboxylic acids is 2. The van der Waals surface area contributed by atoms with Crippen molar-refractivity contribution >= 4 is 28.5 Å². The summed E-state index contributed by atoms with van der Waals surface area (Å²) in [5, 5.41) is 0.419. The van der Waals surface area contributed by atoms with Crippen LogP contribution < -0.4 is 20.8 Å². The summed E-state index contributed by atoms with van der Waals surface area (Å²) in [6.45, 7) is 3.73. The van der Waals surface area contributed by atoms with Crippen LogP contribution in [0, 0.1) is 13.8 Å². The molecule has 3 aromatic carbocycles. The van der Waals surface area contributed by atoms with Gasteiger partial charge in [-0.15, -0.1) is 0 Å². The number of primary amides is 1. The third-order valence-corrected chi connectivity index (χ3v) is 6.12. The van der Waals surface area contributed by atoms with Crippen LogP contribution in [0.1, 0.15) is 38.9 Å². The lowest BCUT2D eigenvalue weighted by Crippen LogP contribution is -2.29. The number of ether oxygens (including phenoxy) is 1. The fourth-order valence-electron chi connectivity index (χ4n) is 4.28. The van der Waals surface area contributed by atoms with Crippen LogP contribution >= 0.6 is 0 Å². The Balaban J connectivity index is 1.69. The highest BCUT2D eigenvalue weighted by molar-refractivity contribution is 6.10.